The van der Waals surface area contributed by atoms with Gasteiger partial charge in [0.15, 0.2) is 5.78 Å². The minimum Gasteiger partial charge on any atom is -0.294 e. The molecule has 0 N–H and O–H groups in total. The molecular formula is C16H20O. The predicted octanol–water partition coefficient (Wildman–Crippen LogP) is 3.58. The summed E-state index contributed by atoms with van der Waals surface area (Å²) in [4.78, 5) is 12.2. The van der Waals surface area contributed by atoms with Gasteiger partial charge in [-0.05, 0) is 47.8 Å². The lowest BCUT2D eigenvalue weighted by Gasteiger charge is -2.15. The Labute approximate surface area is 103 Å². The molecule has 0 radical (unpaired) electrons. The number of hydrogen-bond acceptors (Lipinski definition) is 1. The largest absolute Gasteiger partial charge is 0.294 e. The summed E-state index contributed by atoms with van der Waals surface area (Å²) in [5.41, 5.74) is 5.76. The highest BCUT2D eigenvalue weighted by atomic mass is 16.1. The molecule has 0 aromatic heterocycles. The Kier molecular flexibility index (Phi) is 2.23. The molecule has 1 atom stereocenters. The lowest BCUT2D eigenvalue weighted by molar-refractivity contribution is 0.0934. The van der Waals surface area contributed by atoms with Gasteiger partial charge in [0, 0.05) is 11.5 Å². The zero-order chi connectivity index (χ0) is 12.2. The average molecular weight is 228 g/mol. The van der Waals surface area contributed by atoms with Crippen LogP contribution >= 0.6 is 0 Å². The van der Waals surface area contributed by atoms with Crippen molar-refractivity contribution in [2.24, 2.45) is 11.3 Å². The van der Waals surface area contributed by atoms with Gasteiger partial charge in [0.1, 0.15) is 0 Å². The van der Waals surface area contributed by atoms with E-state index in [0.29, 0.717) is 11.2 Å². The molecule has 1 aromatic carbocycles. The lowest BCUT2D eigenvalue weighted by atomic mass is 9.89. The van der Waals surface area contributed by atoms with Crippen molar-refractivity contribution >= 4 is 5.78 Å². The monoisotopic (exact) mass is 228 g/mol. The van der Waals surface area contributed by atoms with Gasteiger partial charge in [-0.3, -0.25) is 4.79 Å². The van der Waals surface area contributed by atoms with Gasteiger partial charge < -0.3 is 0 Å². The van der Waals surface area contributed by atoms with Crippen LogP contribution in [0.3, 0.4) is 0 Å². The van der Waals surface area contributed by atoms with Crippen molar-refractivity contribution < 1.29 is 4.79 Å². The van der Waals surface area contributed by atoms with Crippen LogP contribution < -0.4 is 0 Å². The molecule has 0 amide bonds. The van der Waals surface area contributed by atoms with Crippen molar-refractivity contribution in [1.29, 1.82) is 0 Å². The van der Waals surface area contributed by atoms with Crippen LogP contribution in [0, 0.1) is 11.3 Å². The van der Waals surface area contributed by atoms with Gasteiger partial charge in [-0.2, -0.15) is 0 Å². The fraction of sp³-hybridized carbons (Fsp3) is 0.562. The van der Waals surface area contributed by atoms with Crippen molar-refractivity contribution in [3.63, 3.8) is 0 Å². The Morgan fingerprint density at radius 3 is 2.71 bits per heavy atom. The molecule has 2 aliphatic rings. The Morgan fingerprint density at radius 2 is 2.00 bits per heavy atom. The Hall–Kier alpha value is -1.11. The van der Waals surface area contributed by atoms with E-state index in [9.17, 15) is 4.79 Å². The molecule has 1 aromatic rings. The van der Waals surface area contributed by atoms with Crippen LogP contribution in [0.2, 0.25) is 0 Å². The van der Waals surface area contributed by atoms with E-state index in [1.165, 1.54) is 23.1 Å². The minimum absolute atomic E-state index is 0.250. The number of benzene rings is 1. The van der Waals surface area contributed by atoms with Crippen molar-refractivity contribution in [1.82, 2.24) is 0 Å². The molecule has 0 saturated heterocycles. The molecule has 0 saturated carbocycles. The summed E-state index contributed by atoms with van der Waals surface area (Å²) in [5, 5.41) is 0. The first-order valence-electron chi connectivity index (χ1n) is 6.69. The van der Waals surface area contributed by atoms with Gasteiger partial charge in [-0.15, -0.1) is 0 Å². The van der Waals surface area contributed by atoms with Crippen LogP contribution in [0.4, 0.5) is 0 Å². The van der Waals surface area contributed by atoms with E-state index >= 15 is 0 Å². The molecule has 3 rings (SSSR count). The van der Waals surface area contributed by atoms with Crippen molar-refractivity contribution in [2.45, 2.75) is 46.5 Å². The molecule has 1 nitrogen and oxygen atoms in total. The van der Waals surface area contributed by atoms with Gasteiger partial charge in [0.2, 0.25) is 0 Å². The van der Waals surface area contributed by atoms with E-state index < -0.39 is 0 Å². The van der Waals surface area contributed by atoms with Crippen LogP contribution in [0.15, 0.2) is 12.1 Å². The number of Topliss-reactive ketones (excluding diaryl/α,β-unsaturated/α-hetero) is 1. The number of carbonyl (C=O) groups is 1. The standard InChI is InChI=1S/C16H20O/c1-4-10-7-13-12(15(10)17)6-5-11-8-16(2,3)9-14(11)13/h5-6,10H,4,7-9H2,1-3H3. The molecule has 0 fully saturated rings. The maximum atomic E-state index is 12.2. The van der Waals surface area contributed by atoms with E-state index in [2.05, 4.69) is 32.9 Å². The molecule has 0 bridgehead atoms. The molecule has 0 aliphatic heterocycles. The Balaban J connectivity index is 2.09. The van der Waals surface area contributed by atoms with Crippen molar-refractivity contribution in [3.05, 3.63) is 34.4 Å². The van der Waals surface area contributed by atoms with Crippen molar-refractivity contribution in [2.75, 3.05) is 0 Å². The fourth-order valence-corrected chi connectivity index (χ4v) is 3.54. The number of ketones is 1. The molecule has 90 valence electrons. The van der Waals surface area contributed by atoms with E-state index in [4.69, 9.17) is 0 Å². The van der Waals surface area contributed by atoms with Gasteiger partial charge in [-0.25, -0.2) is 0 Å². The third-order valence-electron chi connectivity index (χ3n) is 4.43. The Bertz CT molecular complexity index is 496. The van der Waals surface area contributed by atoms with E-state index in [1.54, 1.807) is 0 Å². The van der Waals surface area contributed by atoms with Gasteiger partial charge in [0.25, 0.3) is 0 Å². The van der Waals surface area contributed by atoms with Gasteiger partial charge >= 0.3 is 0 Å². The lowest BCUT2D eigenvalue weighted by Crippen LogP contribution is -2.10. The number of carbonyl (C=O) groups excluding carboxylic acids is 1. The summed E-state index contributed by atoms with van der Waals surface area (Å²) in [7, 11) is 0. The quantitative estimate of drug-likeness (QED) is 0.718. The van der Waals surface area contributed by atoms with Crippen LogP contribution in [0.25, 0.3) is 0 Å². The molecule has 17 heavy (non-hydrogen) atoms. The van der Waals surface area contributed by atoms with E-state index in [1.807, 2.05) is 0 Å². The summed E-state index contributed by atoms with van der Waals surface area (Å²) < 4.78 is 0. The smallest absolute Gasteiger partial charge is 0.166 e. The second kappa shape index (κ2) is 3.44. The second-order valence-corrected chi connectivity index (χ2v) is 6.42. The molecular weight excluding hydrogens is 208 g/mol. The summed E-state index contributed by atoms with van der Waals surface area (Å²) in [5.74, 6) is 0.634. The van der Waals surface area contributed by atoms with Crippen molar-refractivity contribution in [3.8, 4) is 0 Å². The van der Waals surface area contributed by atoms with Crippen LogP contribution in [0.5, 0.6) is 0 Å². The van der Waals surface area contributed by atoms with E-state index in [0.717, 1.165) is 24.8 Å². The highest BCUT2D eigenvalue weighted by molar-refractivity contribution is 6.02. The normalized spacial score (nSPS) is 24.9. The number of hydrogen-bond donors (Lipinski definition) is 0. The summed E-state index contributed by atoms with van der Waals surface area (Å²) in [6.07, 6.45) is 4.28. The van der Waals surface area contributed by atoms with Gasteiger partial charge in [0.05, 0.1) is 0 Å². The average Bonchev–Trinajstić information content (AvgIpc) is 2.74. The second-order valence-electron chi connectivity index (χ2n) is 6.42. The van der Waals surface area contributed by atoms with Crippen LogP contribution in [-0.4, -0.2) is 5.78 Å². The zero-order valence-corrected chi connectivity index (χ0v) is 11.0. The maximum absolute atomic E-state index is 12.2. The molecule has 0 heterocycles. The summed E-state index contributed by atoms with van der Waals surface area (Å²) >= 11 is 0. The minimum atomic E-state index is 0.250. The topological polar surface area (TPSA) is 17.1 Å². The first-order valence-corrected chi connectivity index (χ1v) is 6.69. The zero-order valence-electron chi connectivity index (χ0n) is 11.0. The highest BCUT2D eigenvalue weighted by Gasteiger charge is 2.36. The van der Waals surface area contributed by atoms with Crippen LogP contribution in [0.1, 0.15) is 54.2 Å². The first kappa shape index (κ1) is 11.0. The SMILES string of the molecule is CCC1Cc2c(ccc3c2CC(C)(C)C3)C1=O. The molecule has 1 heteroatoms. The summed E-state index contributed by atoms with van der Waals surface area (Å²) in [6.45, 7) is 6.78. The molecule has 0 spiro atoms. The fourth-order valence-electron chi connectivity index (χ4n) is 3.54. The third-order valence-corrected chi connectivity index (χ3v) is 4.43. The maximum Gasteiger partial charge on any atom is 0.166 e. The van der Waals surface area contributed by atoms with Crippen LogP contribution in [-0.2, 0) is 19.3 Å². The summed E-state index contributed by atoms with van der Waals surface area (Å²) in [6, 6.07) is 4.27. The first-order chi connectivity index (χ1) is 8.02. The molecule has 2 aliphatic carbocycles. The Morgan fingerprint density at radius 1 is 1.24 bits per heavy atom. The predicted molar refractivity (Wildman–Crippen MR) is 69.4 cm³/mol. The van der Waals surface area contributed by atoms with Gasteiger partial charge in [-0.1, -0.05) is 32.9 Å². The highest BCUT2D eigenvalue weighted by Crippen LogP contribution is 2.42. The number of fused-ring (bicyclic) bond motifs is 3. The molecule has 1 unspecified atom stereocenters. The van der Waals surface area contributed by atoms with E-state index in [-0.39, 0.29) is 5.92 Å². The number of rotatable bonds is 1. The third kappa shape index (κ3) is 1.55.